The van der Waals surface area contributed by atoms with E-state index in [2.05, 4.69) is 22.3 Å². The van der Waals surface area contributed by atoms with Crippen molar-refractivity contribution < 1.29 is 4.79 Å². The highest BCUT2D eigenvalue weighted by atomic mass is 35.5. The van der Waals surface area contributed by atoms with Crippen LogP contribution in [0.15, 0.2) is 48.5 Å². The van der Waals surface area contributed by atoms with E-state index in [9.17, 15) is 4.79 Å². The van der Waals surface area contributed by atoms with Gasteiger partial charge >= 0.3 is 0 Å². The lowest BCUT2D eigenvalue weighted by molar-refractivity contribution is 0.101. The van der Waals surface area contributed by atoms with Gasteiger partial charge in [-0.05, 0) is 61.8 Å². The lowest BCUT2D eigenvalue weighted by atomic mass is 10.1. The summed E-state index contributed by atoms with van der Waals surface area (Å²) in [5, 5.41) is 4.71. The maximum Gasteiger partial charge on any atom is 0.272 e. The summed E-state index contributed by atoms with van der Waals surface area (Å²) >= 11 is 6.09. The SMILES string of the molecule is Cn1c(C(=O)Nc2cccc(CN3CCCCC3)c2)cc2ccc(Cl)cc21. The Kier molecular flexibility index (Phi) is 5.19. The number of nitrogens with one attached hydrogen (secondary N) is 1. The van der Waals surface area contributed by atoms with Crippen molar-refractivity contribution in [1.82, 2.24) is 9.47 Å². The zero-order valence-corrected chi connectivity index (χ0v) is 16.3. The molecule has 0 spiro atoms. The predicted molar refractivity (Wildman–Crippen MR) is 111 cm³/mol. The second-order valence-corrected chi connectivity index (χ2v) is 7.72. The molecular weight excluding hydrogens is 358 g/mol. The third kappa shape index (κ3) is 4.02. The number of carbonyl (C=O) groups is 1. The summed E-state index contributed by atoms with van der Waals surface area (Å²) in [6, 6.07) is 15.7. The molecule has 1 amide bonds. The molecule has 3 aromatic rings. The van der Waals surface area contributed by atoms with Crippen molar-refractivity contribution in [1.29, 1.82) is 0 Å². The van der Waals surface area contributed by atoms with Gasteiger partial charge < -0.3 is 9.88 Å². The normalized spacial score (nSPS) is 15.2. The average molecular weight is 382 g/mol. The van der Waals surface area contributed by atoms with Crippen molar-refractivity contribution in [3.8, 4) is 0 Å². The van der Waals surface area contributed by atoms with Gasteiger partial charge in [-0.1, -0.05) is 36.2 Å². The molecule has 4 nitrogen and oxygen atoms in total. The van der Waals surface area contributed by atoms with E-state index in [0.717, 1.165) is 36.2 Å². The van der Waals surface area contributed by atoms with Crippen molar-refractivity contribution in [3.63, 3.8) is 0 Å². The lowest BCUT2D eigenvalue weighted by Gasteiger charge is -2.26. The van der Waals surface area contributed by atoms with Crippen molar-refractivity contribution in [2.75, 3.05) is 18.4 Å². The predicted octanol–water partition coefficient (Wildman–Crippen LogP) is 5.07. The van der Waals surface area contributed by atoms with E-state index >= 15 is 0 Å². The third-order valence-electron chi connectivity index (χ3n) is 5.28. The number of likely N-dealkylation sites (tertiary alicyclic amines) is 1. The molecule has 2 heterocycles. The molecule has 0 radical (unpaired) electrons. The number of hydrogen-bond donors (Lipinski definition) is 1. The van der Waals surface area contributed by atoms with Gasteiger partial charge in [-0.2, -0.15) is 0 Å². The number of aromatic nitrogens is 1. The van der Waals surface area contributed by atoms with E-state index < -0.39 is 0 Å². The van der Waals surface area contributed by atoms with E-state index in [-0.39, 0.29) is 5.91 Å². The molecule has 1 aromatic heterocycles. The number of anilines is 1. The van der Waals surface area contributed by atoms with E-state index in [1.54, 1.807) is 0 Å². The Bertz CT molecular complexity index is 973. The van der Waals surface area contributed by atoms with Crippen molar-refractivity contribution in [3.05, 3.63) is 64.8 Å². The fourth-order valence-electron chi connectivity index (χ4n) is 3.84. The summed E-state index contributed by atoms with van der Waals surface area (Å²) in [4.78, 5) is 15.3. The second kappa shape index (κ2) is 7.75. The standard InChI is InChI=1S/C22H24ClN3O/c1-25-20-14-18(23)9-8-17(20)13-21(25)22(27)24-19-7-5-6-16(12-19)15-26-10-3-2-4-11-26/h5-9,12-14H,2-4,10-11,15H2,1H3,(H,24,27). The average Bonchev–Trinajstić information content (AvgIpc) is 2.99. The Morgan fingerprint density at radius 1 is 1.07 bits per heavy atom. The number of carbonyl (C=O) groups excluding carboxylic acids is 1. The zero-order chi connectivity index (χ0) is 18.8. The molecule has 2 aromatic carbocycles. The number of benzene rings is 2. The summed E-state index contributed by atoms with van der Waals surface area (Å²) in [6.07, 6.45) is 3.89. The molecule has 27 heavy (non-hydrogen) atoms. The fraction of sp³-hybridized carbons (Fsp3) is 0.318. The quantitative estimate of drug-likeness (QED) is 0.685. The fourth-order valence-corrected chi connectivity index (χ4v) is 4.01. The molecule has 1 N–H and O–H groups in total. The largest absolute Gasteiger partial charge is 0.340 e. The second-order valence-electron chi connectivity index (χ2n) is 7.28. The van der Waals surface area contributed by atoms with Gasteiger partial charge in [0.25, 0.3) is 5.91 Å². The highest BCUT2D eigenvalue weighted by Gasteiger charge is 2.15. The van der Waals surface area contributed by atoms with Gasteiger partial charge in [0.1, 0.15) is 5.69 Å². The lowest BCUT2D eigenvalue weighted by Crippen LogP contribution is -2.29. The first kappa shape index (κ1) is 18.1. The number of piperidine rings is 1. The number of aryl methyl sites for hydroxylation is 1. The number of amides is 1. The number of hydrogen-bond acceptors (Lipinski definition) is 2. The molecule has 1 aliphatic rings. The van der Waals surface area contributed by atoms with Gasteiger partial charge in [0.2, 0.25) is 0 Å². The van der Waals surface area contributed by atoms with Crippen LogP contribution in [0.2, 0.25) is 5.02 Å². The summed E-state index contributed by atoms with van der Waals surface area (Å²) in [6.45, 7) is 3.26. The van der Waals surface area contributed by atoms with Crippen LogP contribution in [0.25, 0.3) is 10.9 Å². The van der Waals surface area contributed by atoms with E-state index in [1.807, 2.05) is 48.0 Å². The minimum atomic E-state index is -0.111. The van der Waals surface area contributed by atoms with Crippen LogP contribution in [0.4, 0.5) is 5.69 Å². The van der Waals surface area contributed by atoms with Gasteiger partial charge in [-0.15, -0.1) is 0 Å². The Morgan fingerprint density at radius 3 is 2.70 bits per heavy atom. The first-order chi connectivity index (χ1) is 13.1. The monoisotopic (exact) mass is 381 g/mol. The molecule has 1 fully saturated rings. The van der Waals surface area contributed by atoms with Crippen LogP contribution in [0.1, 0.15) is 35.3 Å². The van der Waals surface area contributed by atoms with Gasteiger partial charge in [0.05, 0.1) is 0 Å². The first-order valence-electron chi connectivity index (χ1n) is 9.48. The van der Waals surface area contributed by atoms with Crippen LogP contribution in [0.3, 0.4) is 0 Å². The summed E-state index contributed by atoms with van der Waals surface area (Å²) in [7, 11) is 1.89. The Labute approximate surface area is 164 Å². The van der Waals surface area contributed by atoms with E-state index in [0.29, 0.717) is 10.7 Å². The number of rotatable bonds is 4. The number of fused-ring (bicyclic) bond motifs is 1. The highest BCUT2D eigenvalue weighted by Crippen LogP contribution is 2.23. The Hall–Kier alpha value is -2.30. The molecule has 5 heteroatoms. The van der Waals surface area contributed by atoms with Crippen molar-refractivity contribution in [2.45, 2.75) is 25.8 Å². The highest BCUT2D eigenvalue weighted by molar-refractivity contribution is 6.31. The smallest absolute Gasteiger partial charge is 0.272 e. The minimum Gasteiger partial charge on any atom is -0.340 e. The molecule has 0 unspecified atom stereocenters. The van der Waals surface area contributed by atoms with Crippen LogP contribution < -0.4 is 5.32 Å². The molecule has 4 rings (SSSR count). The zero-order valence-electron chi connectivity index (χ0n) is 15.5. The summed E-state index contributed by atoms with van der Waals surface area (Å²) in [5.41, 5.74) is 3.64. The van der Waals surface area contributed by atoms with E-state index in [4.69, 9.17) is 11.6 Å². The summed E-state index contributed by atoms with van der Waals surface area (Å²) in [5.74, 6) is -0.111. The molecule has 0 bridgehead atoms. The van der Waals surface area contributed by atoms with Crippen LogP contribution in [-0.4, -0.2) is 28.5 Å². The number of nitrogens with zero attached hydrogens (tertiary/aromatic N) is 2. The first-order valence-corrected chi connectivity index (χ1v) is 9.85. The Balaban J connectivity index is 1.51. The topological polar surface area (TPSA) is 37.3 Å². The maximum atomic E-state index is 12.8. The van der Waals surface area contributed by atoms with Crippen LogP contribution >= 0.6 is 11.6 Å². The molecule has 1 saturated heterocycles. The van der Waals surface area contributed by atoms with Crippen molar-refractivity contribution >= 4 is 34.1 Å². The minimum absolute atomic E-state index is 0.111. The molecule has 0 atom stereocenters. The molecule has 1 aliphatic heterocycles. The summed E-state index contributed by atoms with van der Waals surface area (Å²) < 4.78 is 1.88. The molecule has 140 valence electrons. The number of halogens is 1. The maximum absolute atomic E-state index is 12.8. The van der Waals surface area contributed by atoms with Gasteiger partial charge in [0.15, 0.2) is 0 Å². The van der Waals surface area contributed by atoms with Crippen LogP contribution in [0, 0.1) is 0 Å². The van der Waals surface area contributed by atoms with E-state index in [1.165, 1.54) is 24.8 Å². The van der Waals surface area contributed by atoms with Crippen LogP contribution in [-0.2, 0) is 13.6 Å². The van der Waals surface area contributed by atoms with Gasteiger partial charge in [-0.25, -0.2) is 0 Å². The van der Waals surface area contributed by atoms with Gasteiger partial charge in [0, 0.05) is 35.2 Å². The van der Waals surface area contributed by atoms with Crippen molar-refractivity contribution in [2.24, 2.45) is 7.05 Å². The third-order valence-corrected chi connectivity index (χ3v) is 5.51. The molecular formula is C22H24ClN3O. The molecule has 0 aliphatic carbocycles. The van der Waals surface area contributed by atoms with Crippen LogP contribution in [0.5, 0.6) is 0 Å². The van der Waals surface area contributed by atoms with Gasteiger partial charge in [-0.3, -0.25) is 9.69 Å². The Morgan fingerprint density at radius 2 is 1.89 bits per heavy atom. The molecule has 0 saturated carbocycles.